The second-order valence-electron chi connectivity index (χ2n) is 5.30. The van der Waals surface area contributed by atoms with Crippen LogP contribution in [-0.2, 0) is 0 Å². The Kier molecular flexibility index (Phi) is 4.65. The zero-order chi connectivity index (χ0) is 17.8. The topological polar surface area (TPSA) is 79.8 Å². The smallest absolute Gasteiger partial charge is 0.215 e. The minimum absolute atomic E-state index is 0.463. The number of ether oxygens (including phenoxy) is 2. The number of rotatable bonds is 5. The Hall–Kier alpha value is -3.35. The molecule has 0 aliphatic heterocycles. The van der Waals surface area contributed by atoms with E-state index >= 15 is 0 Å². The maximum atomic E-state index is 11.5. The number of carbonyl (C=O) groups is 1. The van der Waals surface area contributed by atoms with Crippen LogP contribution in [0.5, 0.6) is 11.6 Å². The summed E-state index contributed by atoms with van der Waals surface area (Å²) in [5, 5.41) is 7.69. The van der Waals surface area contributed by atoms with Gasteiger partial charge in [-0.25, -0.2) is 4.98 Å². The van der Waals surface area contributed by atoms with E-state index in [9.17, 15) is 4.79 Å². The highest BCUT2D eigenvalue weighted by molar-refractivity contribution is 5.86. The van der Waals surface area contributed by atoms with Crippen LogP contribution >= 0.6 is 0 Å². The number of aromatic nitrogens is 2. The number of nitrogens with zero attached hydrogens (tertiary/aromatic N) is 3. The number of fused-ring (bicyclic) bond motifs is 1. The summed E-state index contributed by atoms with van der Waals surface area (Å²) >= 11 is 0. The van der Waals surface area contributed by atoms with E-state index in [1.807, 2.05) is 24.3 Å². The number of aromatic amines is 1. The highest BCUT2D eigenvalue weighted by atomic mass is 16.5. The largest absolute Gasteiger partial charge is 0.497 e. The third kappa shape index (κ3) is 3.30. The molecule has 2 aromatic heterocycles. The van der Waals surface area contributed by atoms with Crippen molar-refractivity contribution < 1.29 is 14.3 Å². The normalized spacial score (nSPS) is 11.4. The molecule has 0 unspecified atom stereocenters. The van der Waals surface area contributed by atoms with Crippen LogP contribution in [0.15, 0.2) is 47.8 Å². The Morgan fingerprint density at radius 3 is 2.76 bits per heavy atom. The van der Waals surface area contributed by atoms with Crippen molar-refractivity contribution in [3.8, 4) is 11.6 Å². The molecule has 3 rings (SSSR count). The second-order valence-corrected chi connectivity index (χ2v) is 5.30. The van der Waals surface area contributed by atoms with Crippen LogP contribution in [0.25, 0.3) is 10.9 Å². The Labute approximate surface area is 144 Å². The van der Waals surface area contributed by atoms with Gasteiger partial charge in [-0.3, -0.25) is 9.80 Å². The molecule has 0 atom stereocenters. The average Bonchev–Trinajstić information content (AvgIpc) is 2.67. The Balaban J connectivity index is 2.17. The molecule has 128 valence electrons. The number of anilines is 1. The molecule has 0 aliphatic carbocycles. The van der Waals surface area contributed by atoms with Gasteiger partial charge in [0.1, 0.15) is 11.1 Å². The maximum Gasteiger partial charge on any atom is 0.215 e. The quantitative estimate of drug-likeness (QED) is 0.570. The summed E-state index contributed by atoms with van der Waals surface area (Å²) in [4.78, 5) is 18.6. The van der Waals surface area contributed by atoms with E-state index in [0.717, 1.165) is 28.6 Å². The molecule has 7 nitrogen and oxygen atoms in total. The van der Waals surface area contributed by atoms with Crippen molar-refractivity contribution in [3.05, 3.63) is 53.6 Å². The van der Waals surface area contributed by atoms with Crippen molar-refractivity contribution in [1.82, 2.24) is 9.97 Å². The lowest BCUT2D eigenvalue weighted by molar-refractivity contribution is 0.112. The molecule has 3 aromatic rings. The van der Waals surface area contributed by atoms with Gasteiger partial charge in [-0.2, -0.15) is 5.10 Å². The summed E-state index contributed by atoms with van der Waals surface area (Å²) in [6, 6.07) is 9.15. The summed E-state index contributed by atoms with van der Waals surface area (Å²) in [6.45, 7) is 0. The summed E-state index contributed by atoms with van der Waals surface area (Å²) in [7, 11) is 4.97. The van der Waals surface area contributed by atoms with Crippen LogP contribution in [-0.4, -0.2) is 37.5 Å². The summed E-state index contributed by atoms with van der Waals surface area (Å²) in [5.74, 6) is 1.21. The molecule has 0 bridgehead atoms. The average molecular weight is 338 g/mol. The van der Waals surface area contributed by atoms with E-state index in [1.165, 1.54) is 0 Å². The molecule has 0 amide bonds. The minimum Gasteiger partial charge on any atom is -0.497 e. The molecule has 1 N–H and O–H groups in total. The number of nitrogens with one attached hydrogen (secondary N) is 1. The SMILES string of the molecule is COc1ccc2/c(=N/N(C)c3ccnc(OC)c3)c(C=O)c[nH]c2c1. The van der Waals surface area contributed by atoms with Gasteiger partial charge in [0.25, 0.3) is 0 Å². The number of pyridine rings is 2. The lowest BCUT2D eigenvalue weighted by Gasteiger charge is -2.14. The lowest BCUT2D eigenvalue weighted by atomic mass is 10.1. The van der Waals surface area contributed by atoms with Gasteiger partial charge in [0.15, 0.2) is 6.29 Å². The van der Waals surface area contributed by atoms with Gasteiger partial charge >= 0.3 is 0 Å². The standard InChI is InChI=1S/C18H18N4O3/c1-22(13-6-7-19-17(8-13)25-3)21-18-12(11-23)10-20-16-9-14(24-2)4-5-15(16)18/h4-11H,1-3H3,(H,20,21). The molecule has 0 spiro atoms. The Morgan fingerprint density at radius 2 is 2.04 bits per heavy atom. The number of H-pyrrole nitrogens is 1. The molecule has 0 fully saturated rings. The van der Waals surface area contributed by atoms with Crippen molar-refractivity contribution in [2.45, 2.75) is 0 Å². The van der Waals surface area contributed by atoms with Gasteiger partial charge in [0.2, 0.25) is 5.88 Å². The van der Waals surface area contributed by atoms with E-state index in [4.69, 9.17) is 9.47 Å². The molecule has 0 saturated carbocycles. The number of benzene rings is 1. The van der Waals surface area contributed by atoms with E-state index in [2.05, 4.69) is 15.1 Å². The van der Waals surface area contributed by atoms with Crippen LogP contribution in [0.3, 0.4) is 0 Å². The zero-order valence-electron chi connectivity index (χ0n) is 14.2. The highest BCUT2D eigenvalue weighted by Crippen LogP contribution is 2.19. The summed E-state index contributed by atoms with van der Waals surface area (Å²) in [5.41, 5.74) is 2.08. The number of aldehydes is 1. The number of hydrogen-bond acceptors (Lipinski definition) is 6. The predicted octanol–water partition coefficient (Wildman–Crippen LogP) is 2.34. The van der Waals surface area contributed by atoms with Crippen LogP contribution in [0.1, 0.15) is 10.4 Å². The van der Waals surface area contributed by atoms with Crippen molar-refractivity contribution >= 4 is 22.9 Å². The third-order valence-electron chi connectivity index (χ3n) is 3.82. The minimum atomic E-state index is 0.463. The molecule has 1 aromatic carbocycles. The van der Waals surface area contributed by atoms with Crippen LogP contribution in [0.4, 0.5) is 5.69 Å². The molecule has 7 heteroatoms. The van der Waals surface area contributed by atoms with Crippen molar-refractivity contribution in [2.75, 3.05) is 26.3 Å². The van der Waals surface area contributed by atoms with Gasteiger partial charge in [-0.1, -0.05) is 0 Å². The van der Waals surface area contributed by atoms with E-state index in [-0.39, 0.29) is 0 Å². The van der Waals surface area contributed by atoms with Crippen LogP contribution in [0.2, 0.25) is 0 Å². The monoisotopic (exact) mass is 338 g/mol. The van der Waals surface area contributed by atoms with Gasteiger partial charge in [-0.15, -0.1) is 0 Å². The predicted molar refractivity (Wildman–Crippen MR) is 95.0 cm³/mol. The fraction of sp³-hybridized carbons (Fsp3) is 0.167. The van der Waals surface area contributed by atoms with Gasteiger partial charge in [0, 0.05) is 37.0 Å². The van der Waals surface area contributed by atoms with Crippen molar-refractivity contribution in [3.63, 3.8) is 0 Å². The summed E-state index contributed by atoms with van der Waals surface area (Å²) in [6.07, 6.45) is 4.05. The molecule has 0 radical (unpaired) electrons. The first-order chi connectivity index (χ1) is 12.2. The first-order valence-corrected chi connectivity index (χ1v) is 7.59. The molecular weight excluding hydrogens is 320 g/mol. The highest BCUT2D eigenvalue weighted by Gasteiger charge is 2.07. The maximum absolute atomic E-state index is 11.5. The third-order valence-corrected chi connectivity index (χ3v) is 3.82. The van der Waals surface area contributed by atoms with E-state index in [1.54, 1.807) is 44.7 Å². The number of hydrogen-bond donors (Lipinski definition) is 1. The fourth-order valence-corrected chi connectivity index (χ4v) is 2.48. The second kappa shape index (κ2) is 7.04. The molecule has 0 saturated heterocycles. The van der Waals surface area contributed by atoms with Gasteiger partial charge in [0.05, 0.1) is 31.0 Å². The van der Waals surface area contributed by atoms with Gasteiger partial charge in [-0.05, 0) is 18.2 Å². The zero-order valence-corrected chi connectivity index (χ0v) is 14.2. The van der Waals surface area contributed by atoms with E-state index < -0.39 is 0 Å². The first-order valence-electron chi connectivity index (χ1n) is 7.59. The molecule has 2 heterocycles. The van der Waals surface area contributed by atoms with Gasteiger partial charge < -0.3 is 14.5 Å². The van der Waals surface area contributed by atoms with E-state index in [0.29, 0.717) is 16.8 Å². The first kappa shape index (κ1) is 16.5. The van der Waals surface area contributed by atoms with Crippen LogP contribution < -0.4 is 19.8 Å². The fourth-order valence-electron chi connectivity index (χ4n) is 2.48. The lowest BCUT2D eigenvalue weighted by Crippen LogP contribution is -2.20. The number of carbonyl (C=O) groups excluding carboxylic acids is 1. The number of methoxy groups -OCH3 is 2. The van der Waals surface area contributed by atoms with Crippen molar-refractivity contribution in [1.29, 1.82) is 0 Å². The Bertz CT molecular complexity index is 981. The van der Waals surface area contributed by atoms with Crippen molar-refractivity contribution in [2.24, 2.45) is 5.10 Å². The van der Waals surface area contributed by atoms with Crippen LogP contribution in [0, 0.1) is 0 Å². The molecule has 25 heavy (non-hydrogen) atoms. The molecular formula is C18H18N4O3. The Morgan fingerprint density at radius 1 is 1.20 bits per heavy atom. The summed E-state index contributed by atoms with van der Waals surface area (Å²) < 4.78 is 10.4. The molecule has 0 aliphatic rings.